The van der Waals surface area contributed by atoms with Gasteiger partial charge in [-0.15, -0.1) is 0 Å². The largest absolute Gasteiger partial charge is 0.466 e. The summed E-state index contributed by atoms with van der Waals surface area (Å²) in [5.41, 5.74) is 3.81. The summed E-state index contributed by atoms with van der Waals surface area (Å²) >= 11 is 0. The van der Waals surface area contributed by atoms with Gasteiger partial charge in [0.25, 0.3) is 11.6 Å². The highest BCUT2D eigenvalue weighted by atomic mass is 19.1. The number of amides is 1. The number of benzene rings is 1. The van der Waals surface area contributed by atoms with E-state index in [1.165, 1.54) is 12.1 Å². The highest BCUT2D eigenvalue weighted by molar-refractivity contribution is 6.07. The van der Waals surface area contributed by atoms with Crippen molar-refractivity contribution in [3.8, 4) is 11.3 Å². The average molecular weight is 419 g/mol. The van der Waals surface area contributed by atoms with Crippen LogP contribution >= 0.6 is 0 Å². The van der Waals surface area contributed by atoms with E-state index in [0.717, 1.165) is 35.5 Å². The van der Waals surface area contributed by atoms with Gasteiger partial charge in [-0.1, -0.05) is 17.3 Å². The summed E-state index contributed by atoms with van der Waals surface area (Å²) in [6.45, 7) is 6.18. The Labute approximate surface area is 178 Å². The predicted molar refractivity (Wildman–Crippen MR) is 113 cm³/mol. The first-order valence-electron chi connectivity index (χ1n) is 10.3. The molecule has 158 valence electrons. The first kappa shape index (κ1) is 19.5. The van der Waals surface area contributed by atoms with Crippen LogP contribution in [0.1, 0.15) is 52.0 Å². The number of nitrogens with zero attached hydrogens (tertiary/aromatic N) is 3. The molecule has 1 saturated heterocycles. The normalized spacial score (nSPS) is 16.4. The van der Waals surface area contributed by atoms with Crippen LogP contribution in [0.25, 0.3) is 22.4 Å². The first-order valence-corrected chi connectivity index (χ1v) is 10.3. The van der Waals surface area contributed by atoms with E-state index in [2.05, 4.69) is 10.1 Å². The van der Waals surface area contributed by atoms with Crippen LogP contribution in [-0.4, -0.2) is 27.5 Å². The summed E-state index contributed by atoms with van der Waals surface area (Å²) in [6, 6.07) is 9.98. The molecule has 1 atom stereocenters. The molecule has 1 amide bonds. The van der Waals surface area contributed by atoms with Crippen LogP contribution in [0.3, 0.4) is 0 Å². The summed E-state index contributed by atoms with van der Waals surface area (Å²) in [4.78, 5) is 20.2. The van der Waals surface area contributed by atoms with Gasteiger partial charge in [0.1, 0.15) is 17.3 Å². The fourth-order valence-corrected chi connectivity index (χ4v) is 4.48. The summed E-state index contributed by atoms with van der Waals surface area (Å²) in [7, 11) is 0. The molecule has 1 fully saturated rings. The Morgan fingerprint density at radius 2 is 1.94 bits per heavy atom. The lowest BCUT2D eigenvalue weighted by atomic mass is 10.0. The van der Waals surface area contributed by atoms with E-state index in [0.29, 0.717) is 34.6 Å². The number of fused-ring (bicyclic) bond motifs is 1. The smallest absolute Gasteiger partial charge is 0.259 e. The molecule has 0 bridgehead atoms. The highest BCUT2D eigenvalue weighted by Gasteiger charge is 2.33. The molecule has 0 saturated carbocycles. The maximum atomic E-state index is 13.8. The highest BCUT2D eigenvalue weighted by Crippen LogP contribution is 2.36. The summed E-state index contributed by atoms with van der Waals surface area (Å²) in [5, 5.41) is 4.66. The quantitative estimate of drug-likeness (QED) is 0.437. The molecule has 1 aliphatic heterocycles. The third kappa shape index (κ3) is 3.30. The van der Waals surface area contributed by atoms with Crippen LogP contribution in [0.5, 0.6) is 0 Å². The van der Waals surface area contributed by atoms with Crippen LogP contribution in [-0.2, 0) is 0 Å². The van der Waals surface area contributed by atoms with Gasteiger partial charge in [-0.05, 0) is 63.4 Å². The van der Waals surface area contributed by atoms with E-state index in [1.807, 2.05) is 24.8 Å². The number of hydrogen-bond acceptors (Lipinski definition) is 5. The van der Waals surface area contributed by atoms with Gasteiger partial charge in [0, 0.05) is 12.1 Å². The van der Waals surface area contributed by atoms with E-state index in [9.17, 15) is 9.18 Å². The average Bonchev–Trinajstić information content (AvgIpc) is 3.46. The molecule has 1 unspecified atom stereocenters. The van der Waals surface area contributed by atoms with Crippen molar-refractivity contribution in [2.75, 3.05) is 6.54 Å². The van der Waals surface area contributed by atoms with Gasteiger partial charge in [0.15, 0.2) is 0 Å². The standard InChI is InChI=1S/C24H22FN3O3/c1-13-11-18(15(3)30-13)20-12-19(22-14(2)27-31-23(22)26-20)24(29)28-10-4-5-21(28)16-6-8-17(25)9-7-16/h6-9,11-12,21H,4-5,10H2,1-3H3. The lowest BCUT2D eigenvalue weighted by molar-refractivity contribution is 0.0737. The number of carbonyl (C=O) groups is 1. The van der Waals surface area contributed by atoms with Crippen LogP contribution in [0, 0.1) is 26.6 Å². The van der Waals surface area contributed by atoms with Gasteiger partial charge in [0.2, 0.25) is 0 Å². The second-order valence-electron chi connectivity index (χ2n) is 8.04. The van der Waals surface area contributed by atoms with E-state index >= 15 is 0 Å². The number of carbonyl (C=O) groups excluding carboxylic acids is 1. The van der Waals surface area contributed by atoms with Crippen molar-refractivity contribution in [1.29, 1.82) is 0 Å². The molecule has 7 heteroatoms. The molecule has 3 aromatic heterocycles. The maximum absolute atomic E-state index is 13.8. The number of likely N-dealkylation sites (tertiary alicyclic amines) is 1. The van der Waals surface area contributed by atoms with Crippen molar-refractivity contribution in [3.05, 3.63) is 70.6 Å². The molecular formula is C24H22FN3O3. The number of rotatable bonds is 3. The minimum Gasteiger partial charge on any atom is -0.466 e. The van der Waals surface area contributed by atoms with Gasteiger partial charge < -0.3 is 13.8 Å². The van der Waals surface area contributed by atoms with Crippen LogP contribution in [0.2, 0.25) is 0 Å². The Balaban J connectivity index is 1.61. The first-order chi connectivity index (χ1) is 14.9. The fourth-order valence-electron chi connectivity index (χ4n) is 4.48. The van der Waals surface area contributed by atoms with Crippen LogP contribution in [0.4, 0.5) is 4.39 Å². The summed E-state index contributed by atoms with van der Waals surface area (Å²) in [5.74, 6) is 1.10. The van der Waals surface area contributed by atoms with Crippen LogP contribution in [0.15, 0.2) is 45.3 Å². The van der Waals surface area contributed by atoms with Crippen molar-refractivity contribution in [3.63, 3.8) is 0 Å². The van der Waals surface area contributed by atoms with E-state index in [4.69, 9.17) is 8.94 Å². The molecule has 5 rings (SSSR count). The number of furan rings is 1. The number of aromatic nitrogens is 2. The molecule has 0 aliphatic carbocycles. The van der Waals surface area contributed by atoms with E-state index in [1.54, 1.807) is 25.1 Å². The molecule has 6 nitrogen and oxygen atoms in total. The molecular weight excluding hydrogens is 397 g/mol. The molecule has 4 heterocycles. The monoisotopic (exact) mass is 419 g/mol. The van der Waals surface area contributed by atoms with Crippen molar-refractivity contribution < 1.29 is 18.1 Å². The number of aryl methyl sites for hydroxylation is 3. The minimum absolute atomic E-state index is 0.0992. The zero-order chi connectivity index (χ0) is 21.7. The molecule has 1 aliphatic rings. The van der Waals surface area contributed by atoms with Gasteiger partial charge in [0.05, 0.1) is 28.4 Å². The summed E-state index contributed by atoms with van der Waals surface area (Å²) in [6.07, 6.45) is 1.72. The fraction of sp³-hybridized carbons (Fsp3) is 0.292. The molecule has 1 aromatic carbocycles. The third-order valence-electron chi connectivity index (χ3n) is 5.93. The Bertz CT molecular complexity index is 1290. The zero-order valence-corrected chi connectivity index (χ0v) is 17.6. The second-order valence-corrected chi connectivity index (χ2v) is 8.04. The van der Waals surface area contributed by atoms with Crippen LogP contribution < -0.4 is 0 Å². The lowest BCUT2D eigenvalue weighted by Gasteiger charge is -2.25. The molecule has 4 aromatic rings. The van der Waals surface area contributed by atoms with Crippen molar-refractivity contribution >= 4 is 17.0 Å². The zero-order valence-electron chi connectivity index (χ0n) is 17.6. The van der Waals surface area contributed by atoms with Gasteiger partial charge in [-0.2, -0.15) is 0 Å². The van der Waals surface area contributed by atoms with Gasteiger partial charge in [-0.3, -0.25) is 4.79 Å². The Morgan fingerprint density at radius 3 is 2.65 bits per heavy atom. The van der Waals surface area contributed by atoms with Crippen molar-refractivity contribution in [2.45, 2.75) is 39.7 Å². The third-order valence-corrected chi connectivity index (χ3v) is 5.93. The van der Waals surface area contributed by atoms with E-state index < -0.39 is 0 Å². The Kier molecular flexibility index (Phi) is 4.61. The molecule has 0 N–H and O–H groups in total. The number of hydrogen-bond donors (Lipinski definition) is 0. The predicted octanol–water partition coefficient (Wildman–Crippen LogP) is 5.52. The van der Waals surface area contributed by atoms with Crippen molar-refractivity contribution in [1.82, 2.24) is 15.0 Å². The Hall–Kier alpha value is -3.48. The second kappa shape index (κ2) is 7.34. The lowest BCUT2D eigenvalue weighted by Crippen LogP contribution is -2.30. The molecule has 0 spiro atoms. The van der Waals surface area contributed by atoms with Gasteiger partial charge >= 0.3 is 0 Å². The van der Waals surface area contributed by atoms with E-state index in [-0.39, 0.29) is 17.8 Å². The molecule has 0 radical (unpaired) electrons. The molecule has 31 heavy (non-hydrogen) atoms. The topological polar surface area (TPSA) is 72.4 Å². The van der Waals surface area contributed by atoms with Crippen molar-refractivity contribution in [2.24, 2.45) is 0 Å². The Morgan fingerprint density at radius 1 is 1.16 bits per heavy atom. The number of pyridine rings is 1. The summed E-state index contributed by atoms with van der Waals surface area (Å²) < 4.78 is 24.5. The minimum atomic E-state index is -0.286. The number of halogens is 1. The SMILES string of the molecule is Cc1cc(-c2cc(C(=O)N3CCCC3c3ccc(F)cc3)c3c(C)noc3n2)c(C)o1. The van der Waals surface area contributed by atoms with Gasteiger partial charge in [-0.25, -0.2) is 9.37 Å². The maximum Gasteiger partial charge on any atom is 0.259 e.